The molecule has 4 heteroatoms. The van der Waals surface area contributed by atoms with Crippen molar-refractivity contribution in [2.24, 2.45) is 5.73 Å². The fourth-order valence-electron chi connectivity index (χ4n) is 0.985. The number of aliphatic hydroxyl groups is 1. The smallest absolute Gasteiger partial charge is 0.137 e. The molecule has 0 fully saturated rings. The van der Waals surface area contributed by atoms with E-state index in [-0.39, 0.29) is 6.54 Å². The van der Waals surface area contributed by atoms with E-state index < -0.39 is 6.10 Å². The SMILES string of the molecule is NCC(O)CCOc1ccccc1Cl. The van der Waals surface area contributed by atoms with Gasteiger partial charge in [0.1, 0.15) is 5.75 Å². The summed E-state index contributed by atoms with van der Waals surface area (Å²) >= 11 is 5.86. The number of rotatable bonds is 5. The summed E-state index contributed by atoms with van der Waals surface area (Å²) in [7, 11) is 0. The molecule has 0 radical (unpaired) electrons. The lowest BCUT2D eigenvalue weighted by Crippen LogP contribution is -2.21. The summed E-state index contributed by atoms with van der Waals surface area (Å²) in [5.41, 5.74) is 5.25. The summed E-state index contributed by atoms with van der Waals surface area (Å²) in [5.74, 6) is 0.637. The zero-order valence-corrected chi connectivity index (χ0v) is 8.57. The summed E-state index contributed by atoms with van der Waals surface area (Å²) in [4.78, 5) is 0. The van der Waals surface area contributed by atoms with Gasteiger partial charge in [0.05, 0.1) is 17.7 Å². The van der Waals surface area contributed by atoms with Crippen LogP contribution in [0.1, 0.15) is 6.42 Å². The van der Waals surface area contributed by atoms with Gasteiger partial charge in [-0.25, -0.2) is 0 Å². The van der Waals surface area contributed by atoms with E-state index in [1.165, 1.54) is 0 Å². The average Bonchev–Trinajstić information content (AvgIpc) is 2.20. The van der Waals surface area contributed by atoms with Gasteiger partial charge < -0.3 is 15.6 Å². The highest BCUT2D eigenvalue weighted by Crippen LogP contribution is 2.23. The van der Waals surface area contributed by atoms with Crippen LogP contribution in [0.2, 0.25) is 5.02 Å². The Morgan fingerprint density at radius 2 is 2.14 bits per heavy atom. The molecule has 0 heterocycles. The maximum atomic E-state index is 9.17. The Bertz CT molecular complexity index is 281. The second-order valence-electron chi connectivity index (χ2n) is 2.96. The zero-order valence-electron chi connectivity index (χ0n) is 7.82. The second-order valence-corrected chi connectivity index (χ2v) is 3.36. The number of nitrogens with two attached hydrogens (primary N) is 1. The molecule has 1 aromatic carbocycles. The zero-order chi connectivity index (χ0) is 10.4. The largest absolute Gasteiger partial charge is 0.492 e. The molecule has 0 aromatic heterocycles. The molecular formula is C10H14ClNO2. The third-order valence-electron chi connectivity index (χ3n) is 1.82. The number of hydrogen-bond donors (Lipinski definition) is 2. The number of para-hydroxylation sites is 1. The Morgan fingerprint density at radius 1 is 1.43 bits per heavy atom. The van der Waals surface area contributed by atoms with Crippen LogP contribution < -0.4 is 10.5 Å². The number of ether oxygens (including phenoxy) is 1. The van der Waals surface area contributed by atoms with Gasteiger partial charge in [0.25, 0.3) is 0 Å². The Hall–Kier alpha value is -0.770. The van der Waals surface area contributed by atoms with E-state index in [0.29, 0.717) is 23.8 Å². The van der Waals surface area contributed by atoms with Gasteiger partial charge in [-0.05, 0) is 12.1 Å². The first-order valence-electron chi connectivity index (χ1n) is 4.49. The van der Waals surface area contributed by atoms with Gasteiger partial charge in [-0.3, -0.25) is 0 Å². The minimum Gasteiger partial charge on any atom is -0.492 e. The Morgan fingerprint density at radius 3 is 2.79 bits per heavy atom. The third-order valence-corrected chi connectivity index (χ3v) is 2.13. The lowest BCUT2D eigenvalue weighted by molar-refractivity contribution is 0.146. The van der Waals surface area contributed by atoms with Crippen LogP contribution in [0.4, 0.5) is 0 Å². The Labute approximate surface area is 88.4 Å². The summed E-state index contributed by atoms with van der Waals surface area (Å²) < 4.78 is 5.36. The summed E-state index contributed by atoms with van der Waals surface area (Å²) in [5, 5.41) is 9.75. The molecule has 0 saturated heterocycles. The molecule has 78 valence electrons. The van der Waals surface area contributed by atoms with Crippen LogP contribution in [0.25, 0.3) is 0 Å². The predicted molar refractivity (Wildman–Crippen MR) is 56.6 cm³/mol. The molecule has 0 spiro atoms. The molecule has 14 heavy (non-hydrogen) atoms. The highest BCUT2D eigenvalue weighted by molar-refractivity contribution is 6.32. The fourth-order valence-corrected chi connectivity index (χ4v) is 1.17. The second kappa shape index (κ2) is 5.86. The molecule has 0 aliphatic rings. The van der Waals surface area contributed by atoms with E-state index in [1.807, 2.05) is 12.1 Å². The first kappa shape index (κ1) is 11.3. The first-order valence-corrected chi connectivity index (χ1v) is 4.87. The summed E-state index contributed by atoms with van der Waals surface area (Å²) in [6, 6.07) is 7.23. The quantitative estimate of drug-likeness (QED) is 0.782. The van der Waals surface area contributed by atoms with E-state index in [1.54, 1.807) is 12.1 Å². The highest BCUT2D eigenvalue weighted by atomic mass is 35.5. The van der Waals surface area contributed by atoms with Crippen LogP contribution in [0.3, 0.4) is 0 Å². The normalized spacial score (nSPS) is 12.5. The van der Waals surface area contributed by atoms with Crippen molar-refractivity contribution >= 4 is 11.6 Å². The van der Waals surface area contributed by atoms with Gasteiger partial charge in [0, 0.05) is 13.0 Å². The third kappa shape index (κ3) is 3.54. The average molecular weight is 216 g/mol. The van der Waals surface area contributed by atoms with Gasteiger partial charge in [0.2, 0.25) is 0 Å². The molecule has 0 aliphatic carbocycles. The fraction of sp³-hybridized carbons (Fsp3) is 0.400. The van der Waals surface area contributed by atoms with E-state index in [9.17, 15) is 0 Å². The lowest BCUT2D eigenvalue weighted by atomic mass is 10.3. The monoisotopic (exact) mass is 215 g/mol. The van der Waals surface area contributed by atoms with Gasteiger partial charge in [0.15, 0.2) is 0 Å². The molecule has 1 atom stereocenters. The van der Waals surface area contributed by atoms with E-state index in [0.717, 1.165) is 0 Å². The van der Waals surface area contributed by atoms with Crippen LogP contribution >= 0.6 is 11.6 Å². The van der Waals surface area contributed by atoms with Crippen molar-refractivity contribution in [3.63, 3.8) is 0 Å². The maximum absolute atomic E-state index is 9.17. The molecule has 1 aromatic rings. The Kier molecular flexibility index (Phi) is 4.73. The molecule has 0 bridgehead atoms. The minimum absolute atomic E-state index is 0.256. The minimum atomic E-state index is -0.502. The summed E-state index contributed by atoms with van der Waals surface area (Å²) in [6.07, 6.45) is 0.0133. The first-order chi connectivity index (χ1) is 6.74. The molecule has 1 unspecified atom stereocenters. The Balaban J connectivity index is 2.35. The summed E-state index contributed by atoms with van der Waals surface area (Å²) in [6.45, 7) is 0.675. The lowest BCUT2D eigenvalue weighted by Gasteiger charge is -2.10. The highest BCUT2D eigenvalue weighted by Gasteiger charge is 2.03. The van der Waals surface area contributed by atoms with E-state index in [4.69, 9.17) is 27.2 Å². The van der Waals surface area contributed by atoms with Gasteiger partial charge >= 0.3 is 0 Å². The van der Waals surface area contributed by atoms with Crippen LogP contribution in [0.15, 0.2) is 24.3 Å². The van der Waals surface area contributed by atoms with Crippen LogP contribution in [0, 0.1) is 0 Å². The van der Waals surface area contributed by atoms with Crippen molar-refractivity contribution in [3.8, 4) is 5.75 Å². The molecule has 1 rings (SSSR count). The topological polar surface area (TPSA) is 55.5 Å². The predicted octanol–water partition coefficient (Wildman–Crippen LogP) is 1.43. The van der Waals surface area contributed by atoms with Crippen molar-refractivity contribution in [2.75, 3.05) is 13.2 Å². The van der Waals surface area contributed by atoms with Gasteiger partial charge in [-0.2, -0.15) is 0 Å². The molecule has 0 amide bonds. The standard InChI is InChI=1S/C10H14ClNO2/c11-9-3-1-2-4-10(9)14-6-5-8(13)7-12/h1-4,8,13H,5-7,12H2. The molecular weight excluding hydrogens is 202 g/mol. The molecule has 3 N–H and O–H groups in total. The van der Waals surface area contributed by atoms with Crippen molar-refractivity contribution < 1.29 is 9.84 Å². The van der Waals surface area contributed by atoms with E-state index in [2.05, 4.69) is 0 Å². The number of aliphatic hydroxyl groups excluding tert-OH is 1. The number of hydrogen-bond acceptors (Lipinski definition) is 3. The van der Waals surface area contributed by atoms with Crippen molar-refractivity contribution in [2.45, 2.75) is 12.5 Å². The molecule has 0 saturated carbocycles. The van der Waals surface area contributed by atoms with Crippen LogP contribution in [-0.4, -0.2) is 24.4 Å². The van der Waals surface area contributed by atoms with Gasteiger partial charge in [-0.1, -0.05) is 23.7 Å². The van der Waals surface area contributed by atoms with Crippen molar-refractivity contribution in [1.29, 1.82) is 0 Å². The van der Waals surface area contributed by atoms with E-state index >= 15 is 0 Å². The number of benzene rings is 1. The van der Waals surface area contributed by atoms with Crippen molar-refractivity contribution in [1.82, 2.24) is 0 Å². The van der Waals surface area contributed by atoms with Crippen LogP contribution in [0.5, 0.6) is 5.75 Å². The number of halogens is 1. The van der Waals surface area contributed by atoms with Crippen molar-refractivity contribution in [3.05, 3.63) is 29.3 Å². The maximum Gasteiger partial charge on any atom is 0.137 e. The van der Waals surface area contributed by atoms with Gasteiger partial charge in [-0.15, -0.1) is 0 Å². The van der Waals surface area contributed by atoms with Crippen LogP contribution in [-0.2, 0) is 0 Å². The molecule has 3 nitrogen and oxygen atoms in total. The molecule has 0 aliphatic heterocycles.